The van der Waals surface area contributed by atoms with Crippen molar-refractivity contribution in [1.82, 2.24) is 0 Å². The van der Waals surface area contributed by atoms with Crippen LogP contribution < -0.4 is 0 Å². The van der Waals surface area contributed by atoms with Crippen molar-refractivity contribution in [1.29, 1.82) is 0 Å². The van der Waals surface area contributed by atoms with Gasteiger partial charge in [0.1, 0.15) is 0 Å². The second kappa shape index (κ2) is 12.1. The molecule has 5 heteroatoms. The lowest BCUT2D eigenvalue weighted by atomic mass is 9.84. The molecule has 0 bridgehead atoms. The van der Waals surface area contributed by atoms with Crippen LogP contribution in [0, 0.1) is 17.8 Å². The first-order valence-corrected chi connectivity index (χ1v) is 12.9. The van der Waals surface area contributed by atoms with Gasteiger partial charge in [-0.15, -0.1) is 11.3 Å². The van der Waals surface area contributed by atoms with Gasteiger partial charge in [0.15, 0.2) is 5.78 Å². The van der Waals surface area contributed by atoms with Crippen molar-refractivity contribution < 1.29 is 20.1 Å². The highest BCUT2D eigenvalue weighted by atomic mass is 32.1. The van der Waals surface area contributed by atoms with Crippen LogP contribution in [0.25, 0.3) is 0 Å². The van der Waals surface area contributed by atoms with Gasteiger partial charge in [-0.1, -0.05) is 44.2 Å². The molecule has 4 nitrogen and oxygen atoms in total. The molecule has 1 aromatic carbocycles. The Morgan fingerprint density at radius 2 is 1.66 bits per heavy atom. The molecule has 0 radical (unpaired) electrons. The number of ketones is 1. The summed E-state index contributed by atoms with van der Waals surface area (Å²) >= 11 is 1.58. The molecule has 176 valence electrons. The van der Waals surface area contributed by atoms with E-state index >= 15 is 0 Å². The average Bonchev–Trinajstić information content (AvgIpc) is 3.35. The maximum atomic E-state index is 12.1. The topological polar surface area (TPSA) is 77.8 Å². The number of thiophene rings is 1. The lowest BCUT2D eigenvalue weighted by Crippen LogP contribution is -2.24. The standard InChI is InChI=1S/C27H38O4S/c1-18(2)27(31)26-16-14-21(32-26)9-6-10-22-23(25(30)17-24(22)29)15-13-20(28)12-11-19-7-4-3-5-8-19/h3-5,7-8,14,16,18,20,22-25,28-30H,6,9-13,15,17H2,1-2H3/t20-,22+,23+,24-,25+/m0/s1. The molecule has 0 amide bonds. The van der Waals surface area contributed by atoms with Gasteiger partial charge in [-0.05, 0) is 80.9 Å². The number of Topliss-reactive ketones (excluding diaryl/α,β-unsaturated/α-hetero) is 1. The van der Waals surface area contributed by atoms with E-state index in [0.29, 0.717) is 12.8 Å². The second-order valence-electron chi connectivity index (χ2n) is 9.63. The SMILES string of the molecule is CC(C)C(=O)c1ccc(CCC[C@@H]2[C@@H](CC[C@@H](O)CCc3ccccc3)[C@H](O)C[C@@H]2O)s1. The lowest BCUT2D eigenvalue weighted by Gasteiger charge is -2.24. The third-order valence-corrected chi connectivity index (χ3v) is 8.01. The van der Waals surface area contributed by atoms with Crippen LogP contribution in [0.4, 0.5) is 0 Å². The minimum atomic E-state index is -0.492. The van der Waals surface area contributed by atoms with Gasteiger partial charge in [0.25, 0.3) is 0 Å². The van der Waals surface area contributed by atoms with Crippen LogP contribution in [0.5, 0.6) is 0 Å². The molecule has 3 N–H and O–H groups in total. The number of hydrogen-bond acceptors (Lipinski definition) is 5. The molecule has 1 aliphatic rings. The van der Waals surface area contributed by atoms with E-state index in [9.17, 15) is 20.1 Å². The monoisotopic (exact) mass is 458 g/mol. The molecule has 0 spiro atoms. The number of rotatable bonds is 12. The highest BCUT2D eigenvalue weighted by Gasteiger charge is 2.40. The number of aliphatic hydroxyl groups is 3. The fraction of sp³-hybridized carbons (Fsp3) is 0.593. The minimum Gasteiger partial charge on any atom is -0.393 e. The third-order valence-electron chi connectivity index (χ3n) is 6.85. The van der Waals surface area contributed by atoms with Crippen LogP contribution in [0.2, 0.25) is 0 Å². The molecule has 0 aliphatic heterocycles. The second-order valence-corrected chi connectivity index (χ2v) is 10.8. The molecule has 3 rings (SSSR count). The maximum Gasteiger partial charge on any atom is 0.175 e. The van der Waals surface area contributed by atoms with Crippen molar-refractivity contribution in [3.63, 3.8) is 0 Å². The van der Waals surface area contributed by atoms with Crippen LogP contribution in [0.15, 0.2) is 42.5 Å². The Morgan fingerprint density at radius 3 is 2.34 bits per heavy atom. The summed E-state index contributed by atoms with van der Waals surface area (Å²) in [4.78, 5) is 14.2. The number of carbonyl (C=O) groups excluding carboxylic acids is 1. The Kier molecular flexibility index (Phi) is 9.47. The largest absolute Gasteiger partial charge is 0.393 e. The number of aliphatic hydroxyl groups excluding tert-OH is 3. The molecule has 5 atom stereocenters. The molecule has 1 aromatic heterocycles. The summed E-state index contributed by atoms with van der Waals surface area (Å²) in [7, 11) is 0. The molecule has 1 heterocycles. The summed E-state index contributed by atoms with van der Waals surface area (Å²) in [5.74, 6) is 0.322. The van der Waals surface area contributed by atoms with Crippen LogP contribution >= 0.6 is 11.3 Å². The van der Waals surface area contributed by atoms with Gasteiger partial charge in [0.05, 0.1) is 23.2 Å². The highest BCUT2D eigenvalue weighted by Crippen LogP contribution is 2.39. The molecule has 2 aromatic rings. The molecular formula is C27H38O4S. The predicted molar refractivity (Wildman–Crippen MR) is 130 cm³/mol. The minimum absolute atomic E-state index is 0.0143. The van der Waals surface area contributed by atoms with E-state index in [1.807, 2.05) is 44.2 Å². The Hall–Kier alpha value is -1.53. The van der Waals surface area contributed by atoms with Gasteiger partial charge in [-0.25, -0.2) is 0 Å². The Labute approximate surface area is 196 Å². The Bertz CT molecular complexity index is 831. The Balaban J connectivity index is 1.45. The van der Waals surface area contributed by atoms with Crippen molar-refractivity contribution in [2.75, 3.05) is 0 Å². The van der Waals surface area contributed by atoms with E-state index in [1.165, 1.54) is 10.4 Å². The first kappa shape index (κ1) is 25.1. The van der Waals surface area contributed by atoms with E-state index in [0.717, 1.165) is 43.4 Å². The zero-order chi connectivity index (χ0) is 23.1. The van der Waals surface area contributed by atoms with Gasteiger partial charge < -0.3 is 15.3 Å². The number of carbonyl (C=O) groups is 1. The van der Waals surface area contributed by atoms with Gasteiger partial charge in [0.2, 0.25) is 0 Å². The van der Waals surface area contributed by atoms with Crippen molar-refractivity contribution in [2.45, 2.75) is 83.5 Å². The average molecular weight is 459 g/mol. The van der Waals surface area contributed by atoms with E-state index < -0.39 is 12.2 Å². The van der Waals surface area contributed by atoms with Gasteiger partial charge >= 0.3 is 0 Å². The Morgan fingerprint density at radius 1 is 0.969 bits per heavy atom. The van der Waals surface area contributed by atoms with Crippen LogP contribution in [-0.4, -0.2) is 39.4 Å². The number of benzene rings is 1. The molecule has 1 fully saturated rings. The van der Waals surface area contributed by atoms with Crippen LogP contribution in [0.3, 0.4) is 0 Å². The smallest absolute Gasteiger partial charge is 0.175 e. The van der Waals surface area contributed by atoms with Crippen LogP contribution in [-0.2, 0) is 12.8 Å². The lowest BCUT2D eigenvalue weighted by molar-refractivity contribution is 0.0810. The zero-order valence-corrected chi connectivity index (χ0v) is 20.1. The van der Waals surface area contributed by atoms with E-state index in [1.54, 1.807) is 11.3 Å². The molecule has 0 unspecified atom stereocenters. The zero-order valence-electron chi connectivity index (χ0n) is 19.3. The van der Waals surface area contributed by atoms with E-state index in [2.05, 4.69) is 12.1 Å². The first-order chi connectivity index (χ1) is 15.3. The molecular weight excluding hydrogens is 420 g/mol. The van der Waals surface area contributed by atoms with Gasteiger partial charge in [-0.2, -0.15) is 0 Å². The third kappa shape index (κ3) is 6.98. The van der Waals surface area contributed by atoms with Crippen molar-refractivity contribution >= 4 is 17.1 Å². The quantitative estimate of drug-likeness (QED) is 0.389. The molecule has 32 heavy (non-hydrogen) atoms. The van der Waals surface area contributed by atoms with Crippen LogP contribution in [0.1, 0.15) is 72.5 Å². The van der Waals surface area contributed by atoms with Crippen molar-refractivity contribution in [2.24, 2.45) is 17.8 Å². The van der Waals surface area contributed by atoms with Crippen molar-refractivity contribution in [3.05, 3.63) is 57.8 Å². The summed E-state index contributed by atoms with van der Waals surface area (Å²) < 4.78 is 0. The van der Waals surface area contributed by atoms with Crippen molar-refractivity contribution in [3.8, 4) is 0 Å². The molecule has 0 saturated heterocycles. The fourth-order valence-corrected chi connectivity index (χ4v) is 6.07. The summed E-state index contributed by atoms with van der Waals surface area (Å²) in [5, 5.41) is 31.5. The number of aryl methyl sites for hydroxylation is 2. The summed E-state index contributed by atoms with van der Waals surface area (Å²) in [6.07, 6.45) is 4.72. The molecule has 1 saturated carbocycles. The maximum absolute atomic E-state index is 12.1. The van der Waals surface area contributed by atoms with Gasteiger partial charge in [-0.3, -0.25) is 4.79 Å². The molecule has 1 aliphatic carbocycles. The number of hydrogen-bond donors (Lipinski definition) is 3. The highest BCUT2D eigenvalue weighted by molar-refractivity contribution is 7.14. The first-order valence-electron chi connectivity index (χ1n) is 12.1. The summed E-state index contributed by atoms with van der Waals surface area (Å²) in [5.41, 5.74) is 1.23. The van der Waals surface area contributed by atoms with E-state index in [-0.39, 0.29) is 29.6 Å². The predicted octanol–water partition coefficient (Wildman–Crippen LogP) is 5.04. The summed E-state index contributed by atoms with van der Waals surface area (Å²) in [6, 6.07) is 14.2. The van der Waals surface area contributed by atoms with Gasteiger partial charge in [0, 0.05) is 10.8 Å². The fourth-order valence-electron chi connectivity index (χ4n) is 4.93. The summed E-state index contributed by atoms with van der Waals surface area (Å²) in [6.45, 7) is 3.85. The normalized spacial score (nSPS) is 24.2. The van der Waals surface area contributed by atoms with E-state index in [4.69, 9.17) is 0 Å².